The second-order valence-corrected chi connectivity index (χ2v) is 5.48. The van der Waals surface area contributed by atoms with Crippen LogP contribution < -0.4 is 5.32 Å². The molecule has 0 spiro atoms. The smallest absolute Gasteiger partial charge is 0.148 e. The fraction of sp³-hybridized carbons (Fsp3) is 1.00. The molecule has 0 unspecified atom stereocenters. The number of hydrogen-bond donors (Lipinski definition) is 1. The molecule has 0 radical (unpaired) electrons. The topological polar surface area (TPSA) is 55.4 Å². The summed E-state index contributed by atoms with van der Waals surface area (Å²) in [7, 11) is -1.21. The van der Waals surface area contributed by atoms with Crippen molar-refractivity contribution >= 4 is 22.2 Å². The lowest BCUT2D eigenvalue weighted by molar-refractivity contribution is 0.118. The van der Waals surface area contributed by atoms with Gasteiger partial charge in [0.2, 0.25) is 0 Å². The van der Waals surface area contributed by atoms with E-state index < -0.39 is 9.84 Å². The molecule has 0 aliphatic carbocycles. The predicted molar refractivity (Wildman–Crippen MR) is 54.2 cm³/mol. The minimum atomic E-state index is -2.86. The summed E-state index contributed by atoms with van der Waals surface area (Å²) in [5.74, 6) is 0.215. The number of nitrogens with one attached hydrogen (secondary N) is 1. The van der Waals surface area contributed by atoms with Crippen LogP contribution in [0.15, 0.2) is 0 Å². The Kier molecular flexibility index (Phi) is 5.21. The van der Waals surface area contributed by atoms with Crippen LogP contribution in [0.3, 0.4) is 0 Å². The van der Waals surface area contributed by atoms with E-state index in [0.29, 0.717) is 0 Å². The van der Waals surface area contributed by atoms with Gasteiger partial charge in [-0.1, -0.05) is 0 Å². The molecule has 80 valence electrons. The van der Waals surface area contributed by atoms with Crippen molar-refractivity contribution in [3.05, 3.63) is 0 Å². The van der Waals surface area contributed by atoms with Crippen LogP contribution >= 0.6 is 12.4 Å². The zero-order valence-corrected chi connectivity index (χ0v) is 9.45. The zero-order valence-electron chi connectivity index (χ0n) is 7.82. The van der Waals surface area contributed by atoms with Gasteiger partial charge in [-0.15, -0.1) is 12.4 Å². The molecule has 1 heterocycles. The molecule has 0 bridgehead atoms. The first-order chi connectivity index (χ1) is 5.51. The summed E-state index contributed by atoms with van der Waals surface area (Å²) in [6.07, 6.45) is 2.23. The number of methoxy groups -OCH3 is 1. The third-order valence-corrected chi connectivity index (χ3v) is 3.03. The van der Waals surface area contributed by atoms with Crippen molar-refractivity contribution in [2.24, 2.45) is 0 Å². The van der Waals surface area contributed by atoms with Crippen LogP contribution in [0.4, 0.5) is 0 Å². The van der Waals surface area contributed by atoms with Gasteiger partial charge >= 0.3 is 0 Å². The van der Waals surface area contributed by atoms with Crippen molar-refractivity contribution in [3.8, 4) is 0 Å². The van der Waals surface area contributed by atoms with E-state index in [0.717, 1.165) is 13.0 Å². The number of rotatable bonds is 3. The average molecular weight is 230 g/mol. The summed E-state index contributed by atoms with van der Waals surface area (Å²) in [6, 6.07) is 0.0740. The molecule has 1 aliphatic heterocycles. The lowest BCUT2D eigenvalue weighted by Crippen LogP contribution is -2.29. The highest BCUT2D eigenvalue weighted by molar-refractivity contribution is 7.90. The Labute approximate surface area is 85.4 Å². The Hall–Kier alpha value is 0.160. The standard InChI is InChI=1S/C7H15NO3S.ClH/c1-11-7-3-6(8-4-7)5-12(2,9)10;/h6-8H,3-5H2,1-2H3;1H/t6-,7-;/m1./s1. The lowest BCUT2D eigenvalue weighted by Gasteiger charge is -2.07. The Morgan fingerprint density at radius 2 is 2.15 bits per heavy atom. The van der Waals surface area contributed by atoms with Crippen LogP contribution in [0.5, 0.6) is 0 Å². The van der Waals surface area contributed by atoms with E-state index in [9.17, 15) is 8.42 Å². The maximum absolute atomic E-state index is 10.9. The first-order valence-corrected chi connectivity index (χ1v) is 6.01. The van der Waals surface area contributed by atoms with E-state index in [-0.39, 0.29) is 30.3 Å². The van der Waals surface area contributed by atoms with Gasteiger partial charge in [0.15, 0.2) is 0 Å². The van der Waals surface area contributed by atoms with Crippen molar-refractivity contribution in [2.45, 2.75) is 18.6 Å². The molecule has 13 heavy (non-hydrogen) atoms. The average Bonchev–Trinajstić information content (AvgIpc) is 2.32. The molecule has 1 fully saturated rings. The third-order valence-electron chi connectivity index (χ3n) is 2.02. The van der Waals surface area contributed by atoms with E-state index in [4.69, 9.17) is 4.74 Å². The maximum atomic E-state index is 10.9. The summed E-state index contributed by atoms with van der Waals surface area (Å²) in [6.45, 7) is 0.761. The van der Waals surface area contributed by atoms with Gasteiger partial charge in [0, 0.05) is 26.0 Å². The second-order valence-electron chi connectivity index (χ2n) is 3.29. The van der Waals surface area contributed by atoms with Gasteiger partial charge in [-0.25, -0.2) is 8.42 Å². The normalized spacial score (nSPS) is 28.5. The van der Waals surface area contributed by atoms with Gasteiger partial charge in [-0.05, 0) is 6.42 Å². The van der Waals surface area contributed by atoms with Crippen LogP contribution in [-0.2, 0) is 14.6 Å². The van der Waals surface area contributed by atoms with Crippen LogP contribution in [-0.4, -0.2) is 46.2 Å². The van der Waals surface area contributed by atoms with E-state index in [2.05, 4.69) is 5.32 Å². The molecule has 1 N–H and O–H groups in total. The van der Waals surface area contributed by atoms with E-state index in [1.54, 1.807) is 7.11 Å². The third kappa shape index (κ3) is 4.81. The number of ether oxygens (including phenoxy) is 1. The molecular formula is C7H16ClNO3S. The first-order valence-electron chi connectivity index (χ1n) is 3.95. The molecule has 1 saturated heterocycles. The van der Waals surface area contributed by atoms with Gasteiger partial charge in [-0.3, -0.25) is 0 Å². The van der Waals surface area contributed by atoms with Gasteiger partial charge in [0.25, 0.3) is 0 Å². The summed E-state index contributed by atoms with van der Waals surface area (Å²) in [4.78, 5) is 0. The minimum Gasteiger partial charge on any atom is -0.380 e. The molecular weight excluding hydrogens is 214 g/mol. The molecule has 0 saturated carbocycles. The van der Waals surface area contributed by atoms with Crippen molar-refractivity contribution in [3.63, 3.8) is 0 Å². The summed E-state index contributed by atoms with van der Waals surface area (Å²) < 4.78 is 26.9. The zero-order chi connectivity index (χ0) is 9.19. The predicted octanol–water partition coefficient (Wildman–Crippen LogP) is -0.170. The van der Waals surface area contributed by atoms with E-state index in [1.165, 1.54) is 6.26 Å². The Morgan fingerprint density at radius 1 is 1.54 bits per heavy atom. The van der Waals surface area contributed by atoms with Crippen molar-refractivity contribution in [2.75, 3.05) is 25.7 Å². The van der Waals surface area contributed by atoms with Crippen molar-refractivity contribution in [1.29, 1.82) is 0 Å². The number of sulfone groups is 1. The van der Waals surface area contributed by atoms with Crippen molar-refractivity contribution in [1.82, 2.24) is 5.32 Å². The second kappa shape index (κ2) is 5.14. The largest absolute Gasteiger partial charge is 0.380 e. The molecule has 0 aromatic rings. The Balaban J connectivity index is 0.00000144. The highest BCUT2D eigenvalue weighted by Gasteiger charge is 2.26. The van der Waals surface area contributed by atoms with Crippen LogP contribution in [0.2, 0.25) is 0 Å². The molecule has 2 atom stereocenters. The summed E-state index contributed by atoms with van der Waals surface area (Å²) in [5.41, 5.74) is 0. The Morgan fingerprint density at radius 3 is 2.54 bits per heavy atom. The lowest BCUT2D eigenvalue weighted by atomic mass is 10.2. The molecule has 4 nitrogen and oxygen atoms in total. The van der Waals surface area contributed by atoms with Gasteiger partial charge < -0.3 is 10.1 Å². The monoisotopic (exact) mass is 229 g/mol. The number of halogens is 1. The highest BCUT2D eigenvalue weighted by Crippen LogP contribution is 2.10. The quantitative estimate of drug-likeness (QED) is 0.730. The fourth-order valence-electron chi connectivity index (χ4n) is 1.45. The maximum Gasteiger partial charge on any atom is 0.148 e. The number of hydrogen-bond acceptors (Lipinski definition) is 4. The van der Waals surface area contributed by atoms with Crippen LogP contribution in [0, 0.1) is 0 Å². The molecule has 6 heteroatoms. The van der Waals surface area contributed by atoms with Gasteiger partial charge in [0.05, 0.1) is 11.9 Å². The van der Waals surface area contributed by atoms with Gasteiger partial charge in [0.1, 0.15) is 9.84 Å². The van der Waals surface area contributed by atoms with Crippen molar-refractivity contribution < 1.29 is 13.2 Å². The van der Waals surface area contributed by atoms with Crippen LogP contribution in [0.25, 0.3) is 0 Å². The van der Waals surface area contributed by atoms with E-state index >= 15 is 0 Å². The SMILES string of the molecule is CO[C@H]1CN[C@@H](CS(C)(=O)=O)C1.Cl. The molecule has 1 rings (SSSR count). The summed E-state index contributed by atoms with van der Waals surface area (Å²) >= 11 is 0. The first kappa shape index (κ1) is 13.2. The molecule has 1 aliphatic rings. The fourth-order valence-corrected chi connectivity index (χ4v) is 2.44. The highest BCUT2D eigenvalue weighted by atomic mass is 35.5. The minimum absolute atomic E-state index is 0. The molecule has 0 amide bonds. The van der Waals surface area contributed by atoms with Gasteiger partial charge in [-0.2, -0.15) is 0 Å². The summed E-state index contributed by atoms with van der Waals surface area (Å²) in [5, 5.41) is 3.11. The van der Waals surface area contributed by atoms with E-state index in [1.807, 2.05) is 0 Å². The molecule has 0 aromatic carbocycles. The Bertz CT molecular complexity index is 242. The van der Waals surface area contributed by atoms with Crippen LogP contribution in [0.1, 0.15) is 6.42 Å². The molecule has 0 aromatic heterocycles.